The lowest BCUT2D eigenvalue weighted by molar-refractivity contribution is -0.153. The van der Waals surface area contributed by atoms with Gasteiger partial charge in [-0.15, -0.1) is 0 Å². The van der Waals surface area contributed by atoms with Gasteiger partial charge >= 0.3 is 5.97 Å². The van der Waals surface area contributed by atoms with E-state index >= 15 is 0 Å². The van der Waals surface area contributed by atoms with Crippen LogP contribution in [-0.4, -0.2) is 30.4 Å². The summed E-state index contributed by atoms with van der Waals surface area (Å²) in [5, 5.41) is 2.41. The van der Waals surface area contributed by atoms with E-state index < -0.39 is 18.0 Å². The molecule has 2 amide bonds. The highest BCUT2D eigenvalue weighted by atomic mass is 16.5. The van der Waals surface area contributed by atoms with Crippen molar-refractivity contribution < 1.29 is 19.1 Å². The van der Waals surface area contributed by atoms with Crippen LogP contribution in [0.5, 0.6) is 0 Å². The SMILES string of the molecule is C[C@H](OC(=O)CNC(=O)Cc1ccccc1)C(N)=O. The Kier molecular flexibility index (Phi) is 5.53. The molecule has 0 radical (unpaired) electrons. The molecule has 6 nitrogen and oxygen atoms in total. The van der Waals surface area contributed by atoms with Crippen molar-refractivity contribution in [3.8, 4) is 0 Å². The summed E-state index contributed by atoms with van der Waals surface area (Å²) >= 11 is 0. The van der Waals surface area contributed by atoms with Crippen molar-refractivity contribution in [2.45, 2.75) is 19.4 Å². The number of primary amides is 1. The van der Waals surface area contributed by atoms with Crippen LogP contribution in [0.15, 0.2) is 30.3 Å². The maximum Gasteiger partial charge on any atom is 0.326 e. The maximum absolute atomic E-state index is 11.5. The fourth-order valence-corrected chi connectivity index (χ4v) is 1.31. The number of nitrogens with one attached hydrogen (secondary N) is 1. The molecular weight excluding hydrogens is 248 g/mol. The van der Waals surface area contributed by atoms with Crippen LogP contribution >= 0.6 is 0 Å². The molecule has 0 aliphatic carbocycles. The molecular formula is C13H16N2O4. The number of hydrogen-bond acceptors (Lipinski definition) is 4. The van der Waals surface area contributed by atoms with Gasteiger partial charge in [0.1, 0.15) is 6.54 Å². The van der Waals surface area contributed by atoms with E-state index in [1.165, 1.54) is 6.92 Å². The highest BCUT2D eigenvalue weighted by Crippen LogP contribution is 1.99. The molecule has 1 aromatic carbocycles. The van der Waals surface area contributed by atoms with Gasteiger partial charge in [-0.2, -0.15) is 0 Å². The maximum atomic E-state index is 11.5. The highest BCUT2D eigenvalue weighted by Gasteiger charge is 2.14. The fourth-order valence-electron chi connectivity index (χ4n) is 1.31. The van der Waals surface area contributed by atoms with E-state index in [9.17, 15) is 14.4 Å². The molecule has 102 valence electrons. The zero-order chi connectivity index (χ0) is 14.3. The average molecular weight is 264 g/mol. The van der Waals surface area contributed by atoms with Crippen LogP contribution in [-0.2, 0) is 25.5 Å². The van der Waals surface area contributed by atoms with E-state index in [1.54, 1.807) is 0 Å². The largest absolute Gasteiger partial charge is 0.451 e. The first-order valence-electron chi connectivity index (χ1n) is 5.78. The quantitative estimate of drug-likeness (QED) is 0.693. The first-order chi connectivity index (χ1) is 8.99. The molecule has 0 aromatic heterocycles. The molecule has 0 fully saturated rings. The minimum atomic E-state index is -1.00. The summed E-state index contributed by atoms with van der Waals surface area (Å²) < 4.78 is 4.68. The molecule has 0 heterocycles. The Balaban J connectivity index is 2.30. The van der Waals surface area contributed by atoms with Gasteiger partial charge in [-0.1, -0.05) is 30.3 Å². The normalized spacial score (nSPS) is 11.4. The van der Waals surface area contributed by atoms with Crippen molar-refractivity contribution in [2.24, 2.45) is 5.73 Å². The molecule has 6 heteroatoms. The lowest BCUT2D eigenvalue weighted by atomic mass is 10.1. The summed E-state index contributed by atoms with van der Waals surface area (Å²) in [6, 6.07) is 9.13. The molecule has 0 spiro atoms. The molecule has 0 saturated carbocycles. The highest BCUT2D eigenvalue weighted by molar-refractivity contribution is 5.85. The van der Waals surface area contributed by atoms with E-state index in [0.29, 0.717) is 0 Å². The van der Waals surface area contributed by atoms with E-state index in [1.807, 2.05) is 30.3 Å². The van der Waals surface area contributed by atoms with Gasteiger partial charge in [-0.3, -0.25) is 14.4 Å². The van der Waals surface area contributed by atoms with Crippen LogP contribution in [0.25, 0.3) is 0 Å². The summed E-state index contributed by atoms with van der Waals surface area (Å²) in [5.41, 5.74) is 5.79. The minimum Gasteiger partial charge on any atom is -0.451 e. The van der Waals surface area contributed by atoms with Crippen molar-refractivity contribution in [3.05, 3.63) is 35.9 Å². The van der Waals surface area contributed by atoms with Crippen molar-refractivity contribution in [1.29, 1.82) is 0 Å². The average Bonchev–Trinajstić information content (AvgIpc) is 2.37. The topological polar surface area (TPSA) is 98.5 Å². The van der Waals surface area contributed by atoms with Gasteiger partial charge in [0.15, 0.2) is 6.10 Å². The monoisotopic (exact) mass is 264 g/mol. The molecule has 3 N–H and O–H groups in total. The third kappa shape index (κ3) is 5.67. The number of rotatable bonds is 6. The van der Waals surface area contributed by atoms with Gasteiger partial charge in [0.25, 0.3) is 5.91 Å². The minimum absolute atomic E-state index is 0.180. The third-order valence-electron chi connectivity index (χ3n) is 2.35. The standard InChI is InChI=1S/C13H16N2O4/c1-9(13(14)18)19-12(17)8-15-11(16)7-10-5-3-2-4-6-10/h2-6,9H,7-8H2,1H3,(H2,14,18)(H,15,16)/t9-/m0/s1. The number of carbonyl (C=O) groups is 3. The van der Waals surface area contributed by atoms with Crippen molar-refractivity contribution >= 4 is 17.8 Å². The lowest BCUT2D eigenvalue weighted by Crippen LogP contribution is -2.36. The smallest absolute Gasteiger partial charge is 0.326 e. The molecule has 19 heavy (non-hydrogen) atoms. The third-order valence-corrected chi connectivity index (χ3v) is 2.35. The number of nitrogens with two attached hydrogens (primary N) is 1. The van der Waals surface area contributed by atoms with E-state index in [-0.39, 0.29) is 18.9 Å². The number of ether oxygens (including phenoxy) is 1. The van der Waals surface area contributed by atoms with Gasteiger partial charge in [0.05, 0.1) is 6.42 Å². The predicted molar refractivity (Wildman–Crippen MR) is 67.9 cm³/mol. The van der Waals surface area contributed by atoms with Crippen molar-refractivity contribution in [3.63, 3.8) is 0 Å². The van der Waals surface area contributed by atoms with Gasteiger partial charge < -0.3 is 15.8 Å². The van der Waals surface area contributed by atoms with E-state index in [2.05, 4.69) is 10.1 Å². The van der Waals surface area contributed by atoms with Gasteiger partial charge in [-0.25, -0.2) is 0 Å². The molecule has 1 atom stereocenters. The number of carbonyl (C=O) groups excluding carboxylic acids is 3. The van der Waals surface area contributed by atoms with E-state index in [0.717, 1.165) is 5.56 Å². The summed E-state index contributed by atoms with van der Waals surface area (Å²) in [7, 11) is 0. The van der Waals surface area contributed by atoms with Crippen LogP contribution in [0, 0.1) is 0 Å². The Morgan fingerprint density at radius 1 is 1.26 bits per heavy atom. The van der Waals surface area contributed by atoms with Crippen LogP contribution in [0.1, 0.15) is 12.5 Å². The Morgan fingerprint density at radius 3 is 2.47 bits per heavy atom. The van der Waals surface area contributed by atoms with Gasteiger partial charge in [-0.05, 0) is 12.5 Å². The molecule has 0 bridgehead atoms. The number of esters is 1. The molecule has 0 unspecified atom stereocenters. The first-order valence-corrected chi connectivity index (χ1v) is 5.78. The summed E-state index contributed by atoms with van der Waals surface area (Å²) in [5.74, 6) is -1.73. The first kappa shape index (κ1) is 14.7. The Bertz CT molecular complexity index is 459. The molecule has 0 saturated heterocycles. The van der Waals surface area contributed by atoms with Gasteiger partial charge in [0.2, 0.25) is 5.91 Å². The van der Waals surface area contributed by atoms with Crippen molar-refractivity contribution in [1.82, 2.24) is 5.32 Å². The molecule has 1 rings (SSSR count). The number of hydrogen-bond donors (Lipinski definition) is 2. The summed E-state index contributed by atoms with van der Waals surface area (Å²) in [4.78, 5) is 33.5. The van der Waals surface area contributed by atoms with Crippen molar-refractivity contribution in [2.75, 3.05) is 6.54 Å². The summed E-state index contributed by atoms with van der Waals surface area (Å²) in [6.07, 6.45) is -0.821. The fraction of sp³-hybridized carbons (Fsp3) is 0.308. The molecule has 0 aliphatic heterocycles. The zero-order valence-corrected chi connectivity index (χ0v) is 10.6. The zero-order valence-electron chi connectivity index (χ0n) is 10.6. The van der Waals surface area contributed by atoms with E-state index in [4.69, 9.17) is 5.73 Å². The van der Waals surface area contributed by atoms with Gasteiger partial charge in [0, 0.05) is 0 Å². The second-order valence-corrected chi connectivity index (χ2v) is 3.97. The lowest BCUT2D eigenvalue weighted by Gasteiger charge is -2.10. The van der Waals surface area contributed by atoms with Crippen LogP contribution in [0.2, 0.25) is 0 Å². The number of benzene rings is 1. The predicted octanol–water partition coefficient (Wildman–Crippen LogP) is -0.238. The van der Waals surface area contributed by atoms with Crippen LogP contribution in [0.4, 0.5) is 0 Å². The van der Waals surface area contributed by atoms with Crippen LogP contribution < -0.4 is 11.1 Å². The Hall–Kier alpha value is -2.37. The molecule has 1 aromatic rings. The van der Waals surface area contributed by atoms with Crippen LogP contribution in [0.3, 0.4) is 0 Å². The molecule has 0 aliphatic rings. The number of amides is 2. The Labute approximate surface area is 110 Å². The summed E-state index contributed by atoms with van der Waals surface area (Å²) in [6.45, 7) is 1.08. The second kappa shape index (κ2) is 7.15. The second-order valence-electron chi connectivity index (χ2n) is 3.97. The Morgan fingerprint density at radius 2 is 1.89 bits per heavy atom.